The lowest BCUT2D eigenvalue weighted by Crippen LogP contribution is -2.52. The fourth-order valence-corrected chi connectivity index (χ4v) is 1.68. The predicted octanol–water partition coefficient (Wildman–Crippen LogP) is -0.373. The lowest BCUT2D eigenvalue weighted by atomic mass is 10.1. The van der Waals surface area contributed by atoms with E-state index in [9.17, 15) is 9.59 Å². The molecule has 1 fully saturated rings. The molecule has 0 aromatic heterocycles. The second kappa shape index (κ2) is 6.48. The Morgan fingerprint density at radius 2 is 2.38 bits per heavy atom. The van der Waals surface area contributed by atoms with Crippen molar-refractivity contribution in [2.45, 2.75) is 32.7 Å². The first-order chi connectivity index (χ1) is 7.65. The molecule has 2 atom stereocenters. The van der Waals surface area contributed by atoms with Crippen LogP contribution in [0.3, 0.4) is 0 Å². The van der Waals surface area contributed by atoms with Gasteiger partial charge in [0.2, 0.25) is 11.8 Å². The van der Waals surface area contributed by atoms with Gasteiger partial charge >= 0.3 is 0 Å². The maximum Gasteiger partial charge on any atom is 0.242 e. The Morgan fingerprint density at radius 1 is 1.62 bits per heavy atom. The minimum atomic E-state index is -0.342. The Balaban J connectivity index is 2.34. The van der Waals surface area contributed by atoms with Gasteiger partial charge in [0.1, 0.15) is 6.04 Å². The van der Waals surface area contributed by atoms with E-state index < -0.39 is 0 Å². The second-order valence-electron chi connectivity index (χ2n) is 4.20. The quantitative estimate of drug-likeness (QED) is 0.600. The molecule has 1 heterocycles. The molecule has 0 saturated carbocycles. The van der Waals surface area contributed by atoms with Crippen molar-refractivity contribution in [1.82, 2.24) is 16.0 Å². The molecule has 2 amide bonds. The Bertz CT molecular complexity index is 256. The van der Waals surface area contributed by atoms with Gasteiger partial charge in [0, 0.05) is 19.0 Å². The van der Waals surface area contributed by atoms with Gasteiger partial charge in [-0.25, -0.2) is 0 Å². The normalized spacial score (nSPS) is 22.4. The fourth-order valence-electron chi connectivity index (χ4n) is 1.68. The lowest BCUT2D eigenvalue weighted by molar-refractivity contribution is -0.131. The third kappa shape index (κ3) is 3.81. The first-order valence-corrected chi connectivity index (χ1v) is 5.94. The average molecular weight is 227 g/mol. The molecule has 0 spiro atoms. The summed E-state index contributed by atoms with van der Waals surface area (Å²) in [4.78, 5) is 23.2. The minimum absolute atomic E-state index is 0.0528. The topological polar surface area (TPSA) is 70.2 Å². The van der Waals surface area contributed by atoms with Crippen molar-refractivity contribution in [2.75, 3.05) is 19.6 Å². The summed E-state index contributed by atoms with van der Waals surface area (Å²) in [7, 11) is 0. The highest BCUT2D eigenvalue weighted by molar-refractivity contribution is 5.88. The van der Waals surface area contributed by atoms with Crippen LogP contribution in [0, 0.1) is 5.92 Å². The third-order valence-electron chi connectivity index (χ3n) is 2.75. The molecule has 92 valence electrons. The van der Waals surface area contributed by atoms with Gasteiger partial charge in [0.25, 0.3) is 0 Å². The summed E-state index contributed by atoms with van der Waals surface area (Å²) in [6.07, 6.45) is 1.67. The zero-order valence-electron chi connectivity index (χ0n) is 10.0. The zero-order chi connectivity index (χ0) is 12.0. The monoisotopic (exact) mass is 227 g/mol. The van der Waals surface area contributed by atoms with E-state index in [1.54, 1.807) is 0 Å². The van der Waals surface area contributed by atoms with Crippen LogP contribution in [0.2, 0.25) is 0 Å². The van der Waals surface area contributed by atoms with E-state index in [1.165, 1.54) is 0 Å². The maximum atomic E-state index is 11.7. The summed E-state index contributed by atoms with van der Waals surface area (Å²) in [6, 6.07) is -0.342. The van der Waals surface area contributed by atoms with Crippen molar-refractivity contribution >= 4 is 11.8 Å². The Hall–Kier alpha value is -1.10. The van der Waals surface area contributed by atoms with E-state index >= 15 is 0 Å². The van der Waals surface area contributed by atoms with Crippen molar-refractivity contribution in [2.24, 2.45) is 5.92 Å². The maximum absolute atomic E-state index is 11.7. The highest BCUT2D eigenvalue weighted by Crippen LogP contribution is 2.04. The molecule has 1 rings (SSSR count). The van der Waals surface area contributed by atoms with Crippen LogP contribution in [0.15, 0.2) is 0 Å². The Labute approximate surface area is 96.4 Å². The number of carbonyl (C=O) groups excluding carboxylic acids is 2. The summed E-state index contributed by atoms with van der Waals surface area (Å²) in [5.74, 6) is -0.215. The molecule has 0 bridgehead atoms. The SMILES string of the molecule is CCNCC(C)C(=O)NC1CCCNC1=O. The van der Waals surface area contributed by atoms with E-state index in [0.29, 0.717) is 6.54 Å². The van der Waals surface area contributed by atoms with Crippen LogP contribution in [-0.4, -0.2) is 37.5 Å². The molecule has 0 radical (unpaired) electrons. The van der Waals surface area contributed by atoms with Gasteiger partial charge in [-0.3, -0.25) is 9.59 Å². The van der Waals surface area contributed by atoms with Crippen molar-refractivity contribution < 1.29 is 9.59 Å². The van der Waals surface area contributed by atoms with Gasteiger partial charge < -0.3 is 16.0 Å². The zero-order valence-corrected chi connectivity index (χ0v) is 10.0. The molecule has 1 aliphatic heterocycles. The molecule has 16 heavy (non-hydrogen) atoms. The molecule has 5 heteroatoms. The minimum Gasteiger partial charge on any atom is -0.354 e. The second-order valence-corrected chi connectivity index (χ2v) is 4.20. The number of piperidine rings is 1. The number of nitrogens with one attached hydrogen (secondary N) is 3. The molecule has 2 unspecified atom stereocenters. The van der Waals surface area contributed by atoms with E-state index in [0.717, 1.165) is 25.9 Å². The molecule has 1 saturated heterocycles. The Morgan fingerprint density at radius 3 is 3.00 bits per heavy atom. The standard InChI is InChI=1S/C11H21N3O2/c1-3-12-7-8(2)10(15)14-9-5-4-6-13-11(9)16/h8-9,12H,3-7H2,1-2H3,(H,13,16)(H,14,15). The largest absolute Gasteiger partial charge is 0.354 e. The van der Waals surface area contributed by atoms with Crippen molar-refractivity contribution in [3.8, 4) is 0 Å². The van der Waals surface area contributed by atoms with E-state index in [1.807, 2.05) is 13.8 Å². The van der Waals surface area contributed by atoms with Crippen LogP contribution in [0.1, 0.15) is 26.7 Å². The number of hydrogen-bond acceptors (Lipinski definition) is 3. The molecule has 3 N–H and O–H groups in total. The smallest absolute Gasteiger partial charge is 0.242 e. The van der Waals surface area contributed by atoms with Gasteiger partial charge in [0.05, 0.1) is 0 Å². The molecular formula is C11H21N3O2. The fraction of sp³-hybridized carbons (Fsp3) is 0.818. The van der Waals surface area contributed by atoms with Crippen LogP contribution in [-0.2, 0) is 9.59 Å². The van der Waals surface area contributed by atoms with Crippen LogP contribution in [0.5, 0.6) is 0 Å². The van der Waals surface area contributed by atoms with Crippen LogP contribution >= 0.6 is 0 Å². The van der Waals surface area contributed by atoms with Crippen molar-refractivity contribution in [1.29, 1.82) is 0 Å². The molecule has 0 aromatic carbocycles. The van der Waals surface area contributed by atoms with E-state index in [-0.39, 0.29) is 23.8 Å². The van der Waals surface area contributed by atoms with Crippen molar-refractivity contribution in [3.63, 3.8) is 0 Å². The molecular weight excluding hydrogens is 206 g/mol. The molecule has 5 nitrogen and oxygen atoms in total. The van der Waals surface area contributed by atoms with Crippen LogP contribution in [0.4, 0.5) is 0 Å². The lowest BCUT2D eigenvalue weighted by Gasteiger charge is -2.24. The van der Waals surface area contributed by atoms with Crippen LogP contribution < -0.4 is 16.0 Å². The van der Waals surface area contributed by atoms with Gasteiger partial charge in [-0.1, -0.05) is 13.8 Å². The van der Waals surface area contributed by atoms with E-state index in [4.69, 9.17) is 0 Å². The first kappa shape index (κ1) is 13.0. The number of rotatable bonds is 5. The number of hydrogen-bond donors (Lipinski definition) is 3. The van der Waals surface area contributed by atoms with Crippen molar-refractivity contribution in [3.05, 3.63) is 0 Å². The highest BCUT2D eigenvalue weighted by atomic mass is 16.2. The average Bonchev–Trinajstić information content (AvgIpc) is 2.28. The van der Waals surface area contributed by atoms with E-state index in [2.05, 4.69) is 16.0 Å². The first-order valence-electron chi connectivity index (χ1n) is 5.94. The number of carbonyl (C=O) groups is 2. The number of amides is 2. The van der Waals surface area contributed by atoms with Gasteiger partial charge in [-0.15, -0.1) is 0 Å². The van der Waals surface area contributed by atoms with Crippen LogP contribution in [0.25, 0.3) is 0 Å². The predicted molar refractivity (Wildman–Crippen MR) is 61.9 cm³/mol. The summed E-state index contributed by atoms with van der Waals surface area (Å²) in [6.45, 7) is 6.08. The molecule has 0 aromatic rings. The third-order valence-corrected chi connectivity index (χ3v) is 2.75. The summed E-state index contributed by atoms with van der Waals surface area (Å²) in [5, 5.41) is 8.65. The summed E-state index contributed by atoms with van der Waals surface area (Å²) >= 11 is 0. The molecule has 0 aliphatic carbocycles. The Kier molecular flexibility index (Phi) is 5.25. The molecule has 1 aliphatic rings. The highest BCUT2D eigenvalue weighted by Gasteiger charge is 2.25. The summed E-state index contributed by atoms with van der Waals surface area (Å²) < 4.78 is 0. The van der Waals surface area contributed by atoms with Gasteiger partial charge in [-0.05, 0) is 19.4 Å². The summed E-state index contributed by atoms with van der Waals surface area (Å²) in [5.41, 5.74) is 0. The van der Waals surface area contributed by atoms with Gasteiger partial charge in [0.15, 0.2) is 0 Å². The van der Waals surface area contributed by atoms with Gasteiger partial charge in [-0.2, -0.15) is 0 Å².